The molecule has 1 aliphatic rings. The van der Waals surface area contributed by atoms with Crippen molar-refractivity contribution in [3.05, 3.63) is 15.6 Å². The first-order valence-corrected chi connectivity index (χ1v) is 8.89. The monoisotopic (exact) mass is 340 g/mol. The number of aryl methyl sites for hydroxylation is 2. The van der Waals surface area contributed by atoms with E-state index in [1.165, 1.54) is 4.88 Å². The van der Waals surface area contributed by atoms with E-state index in [0.29, 0.717) is 19.6 Å². The van der Waals surface area contributed by atoms with Crippen molar-refractivity contribution < 1.29 is 9.90 Å². The summed E-state index contributed by atoms with van der Waals surface area (Å²) in [7, 11) is 0. The third kappa shape index (κ3) is 5.16. The first-order chi connectivity index (χ1) is 10.7. The SMILES string of the molecule is Cc1nc(CNC(=O)N2CCN(CC(C)(C)O)CC2C)sc1C. The van der Waals surface area contributed by atoms with Gasteiger partial charge in [-0.1, -0.05) is 0 Å². The number of carbonyl (C=O) groups is 1. The molecule has 0 radical (unpaired) electrons. The van der Waals surface area contributed by atoms with Crippen LogP contribution in [-0.4, -0.2) is 63.7 Å². The van der Waals surface area contributed by atoms with Gasteiger partial charge in [-0.25, -0.2) is 9.78 Å². The lowest BCUT2D eigenvalue weighted by molar-refractivity contribution is 0.0119. The first kappa shape index (κ1) is 18.2. The van der Waals surface area contributed by atoms with Crippen LogP contribution in [0.25, 0.3) is 0 Å². The summed E-state index contributed by atoms with van der Waals surface area (Å²) < 4.78 is 0. The Morgan fingerprint density at radius 3 is 2.65 bits per heavy atom. The number of hydrogen-bond donors (Lipinski definition) is 2. The molecule has 1 atom stereocenters. The third-order valence-corrected chi connectivity index (χ3v) is 5.12. The van der Waals surface area contributed by atoms with E-state index >= 15 is 0 Å². The van der Waals surface area contributed by atoms with Crippen molar-refractivity contribution in [2.75, 3.05) is 26.2 Å². The normalized spacial score (nSPS) is 19.9. The zero-order chi connectivity index (χ0) is 17.2. The maximum absolute atomic E-state index is 12.4. The molecular formula is C16H28N4O2S. The van der Waals surface area contributed by atoms with Gasteiger partial charge in [-0.2, -0.15) is 0 Å². The van der Waals surface area contributed by atoms with E-state index in [-0.39, 0.29) is 12.1 Å². The summed E-state index contributed by atoms with van der Waals surface area (Å²) in [6.07, 6.45) is 0. The van der Waals surface area contributed by atoms with Crippen molar-refractivity contribution in [1.29, 1.82) is 0 Å². The molecule has 7 heteroatoms. The van der Waals surface area contributed by atoms with Gasteiger partial charge >= 0.3 is 6.03 Å². The number of rotatable bonds is 4. The smallest absolute Gasteiger partial charge is 0.318 e. The number of aromatic nitrogens is 1. The Balaban J connectivity index is 1.84. The fourth-order valence-electron chi connectivity index (χ4n) is 2.89. The second-order valence-corrected chi connectivity index (χ2v) is 8.29. The number of β-amino-alcohol motifs (C(OH)–C–C–N with tert-alkyl or cyclic N) is 1. The van der Waals surface area contributed by atoms with Crippen LogP contribution in [0.1, 0.15) is 36.3 Å². The molecule has 1 aromatic heterocycles. The number of aliphatic hydroxyl groups is 1. The number of nitrogens with zero attached hydrogens (tertiary/aromatic N) is 3. The van der Waals surface area contributed by atoms with Gasteiger partial charge < -0.3 is 15.3 Å². The van der Waals surface area contributed by atoms with Crippen LogP contribution >= 0.6 is 11.3 Å². The molecule has 0 aromatic carbocycles. The van der Waals surface area contributed by atoms with Crippen LogP contribution in [0.15, 0.2) is 0 Å². The highest BCUT2D eigenvalue weighted by Gasteiger charge is 2.29. The Labute approximate surface area is 142 Å². The summed E-state index contributed by atoms with van der Waals surface area (Å²) in [6.45, 7) is 13.1. The van der Waals surface area contributed by atoms with Gasteiger partial charge in [0.25, 0.3) is 0 Å². The van der Waals surface area contributed by atoms with Gasteiger partial charge in [0.1, 0.15) is 5.01 Å². The summed E-state index contributed by atoms with van der Waals surface area (Å²) in [5.74, 6) is 0. The molecule has 1 aliphatic heterocycles. The zero-order valence-electron chi connectivity index (χ0n) is 14.7. The topological polar surface area (TPSA) is 68.7 Å². The molecule has 130 valence electrons. The van der Waals surface area contributed by atoms with Gasteiger partial charge in [-0.3, -0.25) is 4.90 Å². The molecule has 2 rings (SSSR count). The summed E-state index contributed by atoms with van der Waals surface area (Å²) in [5, 5.41) is 13.8. The van der Waals surface area contributed by atoms with E-state index < -0.39 is 5.60 Å². The number of piperazine rings is 1. The molecule has 0 bridgehead atoms. The van der Waals surface area contributed by atoms with Crippen molar-refractivity contribution >= 4 is 17.4 Å². The molecule has 2 amide bonds. The lowest BCUT2D eigenvalue weighted by atomic mass is 10.1. The predicted molar refractivity (Wildman–Crippen MR) is 92.7 cm³/mol. The van der Waals surface area contributed by atoms with Crippen molar-refractivity contribution in [3.8, 4) is 0 Å². The summed E-state index contributed by atoms with van der Waals surface area (Å²) in [5.41, 5.74) is 0.331. The zero-order valence-corrected chi connectivity index (χ0v) is 15.5. The molecular weight excluding hydrogens is 312 g/mol. The van der Waals surface area contributed by atoms with Gasteiger partial charge in [-0.05, 0) is 34.6 Å². The van der Waals surface area contributed by atoms with Crippen LogP contribution in [0.2, 0.25) is 0 Å². The van der Waals surface area contributed by atoms with Crippen LogP contribution in [0.3, 0.4) is 0 Å². The minimum atomic E-state index is -0.704. The van der Waals surface area contributed by atoms with Gasteiger partial charge in [0.15, 0.2) is 0 Å². The third-order valence-electron chi connectivity index (χ3n) is 4.05. The van der Waals surface area contributed by atoms with Crippen molar-refractivity contribution in [2.24, 2.45) is 0 Å². The quantitative estimate of drug-likeness (QED) is 0.876. The highest BCUT2D eigenvalue weighted by atomic mass is 32.1. The van der Waals surface area contributed by atoms with Gasteiger partial charge in [0, 0.05) is 37.1 Å². The highest BCUT2D eigenvalue weighted by molar-refractivity contribution is 7.11. The maximum atomic E-state index is 12.4. The molecule has 2 heterocycles. The van der Waals surface area contributed by atoms with Crippen LogP contribution in [0, 0.1) is 13.8 Å². The van der Waals surface area contributed by atoms with Gasteiger partial charge in [-0.15, -0.1) is 11.3 Å². The van der Waals surface area contributed by atoms with Crippen LogP contribution < -0.4 is 5.32 Å². The average Bonchev–Trinajstić information content (AvgIpc) is 2.73. The van der Waals surface area contributed by atoms with Crippen molar-refractivity contribution in [1.82, 2.24) is 20.1 Å². The molecule has 0 aliphatic carbocycles. The van der Waals surface area contributed by atoms with Crippen molar-refractivity contribution in [2.45, 2.75) is 52.8 Å². The fourth-order valence-corrected chi connectivity index (χ4v) is 3.77. The number of thiazole rings is 1. The Morgan fingerprint density at radius 1 is 1.43 bits per heavy atom. The van der Waals surface area contributed by atoms with Crippen LogP contribution in [0.4, 0.5) is 4.79 Å². The largest absolute Gasteiger partial charge is 0.389 e. The van der Waals surface area contributed by atoms with Gasteiger partial charge in [0.2, 0.25) is 0 Å². The summed E-state index contributed by atoms with van der Waals surface area (Å²) in [4.78, 5) is 22.1. The number of carbonyl (C=O) groups excluding carboxylic acids is 1. The summed E-state index contributed by atoms with van der Waals surface area (Å²) >= 11 is 1.63. The van der Waals surface area contributed by atoms with E-state index in [4.69, 9.17) is 0 Å². The highest BCUT2D eigenvalue weighted by Crippen LogP contribution is 2.17. The molecule has 1 fully saturated rings. The molecule has 1 aromatic rings. The average molecular weight is 340 g/mol. The lowest BCUT2D eigenvalue weighted by Crippen LogP contribution is -2.58. The minimum absolute atomic E-state index is 0.0362. The second-order valence-electron chi connectivity index (χ2n) is 7.00. The Morgan fingerprint density at radius 2 is 2.13 bits per heavy atom. The van der Waals surface area contributed by atoms with E-state index in [1.807, 2.05) is 39.5 Å². The first-order valence-electron chi connectivity index (χ1n) is 8.08. The number of amides is 2. The fraction of sp³-hybridized carbons (Fsp3) is 0.750. The maximum Gasteiger partial charge on any atom is 0.318 e. The number of hydrogen-bond acceptors (Lipinski definition) is 5. The molecule has 2 N–H and O–H groups in total. The lowest BCUT2D eigenvalue weighted by Gasteiger charge is -2.41. The molecule has 1 saturated heterocycles. The van der Waals surface area contributed by atoms with E-state index in [2.05, 4.69) is 15.2 Å². The van der Waals surface area contributed by atoms with E-state index in [1.54, 1.807) is 11.3 Å². The number of urea groups is 1. The Kier molecular flexibility index (Phi) is 5.65. The molecule has 0 saturated carbocycles. The molecule has 6 nitrogen and oxygen atoms in total. The van der Waals surface area contributed by atoms with E-state index in [0.717, 1.165) is 23.8 Å². The van der Waals surface area contributed by atoms with Crippen LogP contribution in [0.5, 0.6) is 0 Å². The minimum Gasteiger partial charge on any atom is -0.389 e. The molecule has 23 heavy (non-hydrogen) atoms. The second kappa shape index (κ2) is 7.15. The number of nitrogens with one attached hydrogen (secondary N) is 1. The molecule has 0 spiro atoms. The van der Waals surface area contributed by atoms with E-state index in [9.17, 15) is 9.90 Å². The Hall–Kier alpha value is -1.18. The van der Waals surface area contributed by atoms with Crippen molar-refractivity contribution in [3.63, 3.8) is 0 Å². The Bertz CT molecular complexity index is 533. The summed E-state index contributed by atoms with van der Waals surface area (Å²) in [6, 6.07) is 0.0942. The predicted octanol–water partition coefficient (Wildman–Crippen LogP) is 1.75. The standard InChI is InChI=1S/C16H28N4O2S/c1-11-9-19(10-16(4,5)22)6-7-20(11)15(21)17-8-14-18-12(2)13(3)23-14/h11,22H,6-10H2,1-5H3,(H,17,21). The molecule has 1 unspecified atom stereocenters. The van der Waals surface area contributed by atoms with Crippen LogP contribution in [-0.2, 0) is 6.54 Å². The van der Waals surface area contributed by atoms with Gasteiger partial charge in [0.05, 0.1) is 17.8 Å².